The molecule has 0 spiro atoms. The van der Waals surface area contributed by atoms with Crippen LogP contribution in [-0.2, 0) is 0 Å². The molecule has 0 saturated heterocycles. The second-order valence-corrected chi connectivity index (χ2v) is 4.51. The van der Waals surface area contributed by atoms with Gasteiger partial charge in [0.2, 0.25) is 0 Å². The minimum atomic E-state index is 0.904. The SMILES string of the molecule is CCC1CCC(C(C)C)C1C. The van der Waals surface area contributed by atoms with Crippen LogP contribution in [0, 0.1) is 23.7 Å². The van der Waals surface area contributed by atoms with E-state index in [0.29, 0.717) is 0 Å². The largest absolute Gasteiger partial charge is 0.0651 e. The highest BCUT2D eigenvalue weighted by Gasteiger charge is 2.32. The average molecular weight is 154 g/mol. The van der Waals surface area contributed by atoms with E-state index in [4.69, 9.17) is 0 Å². The molecule has 11 heavy (non-hydrogen) atoms. The third-order valence-electron chi connectivity index (χ3n) is 3.67. The smallest absolute Gasteiger partial charge is 0.0363 e. The molecule has 0 nitrogen and oxygen atoms in total. The normalized spacial score (nSPS) is 38.5. The summed E-state index contributed by atoms with van der Waals surface area (Å²) < 4.78 is 0. The maximum atomic E-state index is 2.45. The van der Waals surface area contributed by atoms with Gasteiger partial charge in [0, 0.05) is 0 Å². The van der Waals surface area contributed by atoms with E-state index >= 15 is 0 Å². The van der Waals surface area contributed by atoms with Crippen molar-refractivity contribution in [2.45, 2.75) is 47.0 Å². The lowest BCUT2D eigenvalue weighted by atomic mass is 9.83. The molecule has 0 radical (unpaired) electrons. The Balaban J connectivity index is 2.48. The van der Waals surface area contributed by atoms with E-state index in [2.05, 4.69) is 27.7 Å². The maximum absolute atomic E-state index is 2.45. The molecule has 1 saturated carbocycles. The summed E-state index contributed by atoms with van der Waals surface area (Å²) in [6.07, 6.45) is 4.36. The predicted octanol–water partition coefficient (Wildman–Crippen LogP) is 3.71. The first kappa shape index (κ1) is 9.09. The van der Waals surface area contributed by atoms with Crippen LogP contribution in [0.25, 0.3) is 0 Å². The number of hydrogen-bond acceptors (Lipinski definition) is 0. The van der Waals surface area contributed by atoms with Crippen LogP contribution in [-0.4, -0.2) is 0 Å². The van der Waals surface area contributed by atoms with E-state index in [1.807, 2.05) is 0 Å². The molecule has 3 atom stereocenters. The molecule has 0 bridgehead atoms. The summed E-state index contributed by atoms with van der Waals surface area (Å²) in [6.45, 7) is 9.54. The van der Waals surface area contributed by atoms with Gasteiger partial charge in [0.1, 0.15) is 0 Å². The van der Waals surface area contributed by atoms with Crippen LogP contribution in [0.1, 0.15) is 47.0 Å². The van der Waals surface area contributed by atoms with Crippen LogP contribution in [0.15, 0.2) is 0 Å². The Morgan fingerprint density at radius 2 is 1.91 bits per heavy atom. The van der Waals surface area contributed by atoms with Gasteiger partial charge in [-0.3, -0.25) is 0 Å². The molecular formula is C11H22. The van der Waals surface area contributed by atoms with Crippen molar-refractivity contribution in [3.8, 4) is 0 Å². The van der Waals surface area contributed by atoms with Crippen LogP contribution < -0.4 is 0 Å². The monoisotopic (exact) mass is 154 g/mol. The molecule has 3 unspecified atom stereocenters. The summed E-state index contributed by atoms with van der Waals surface area (Å²) in [5.74, 6) is 3.93. The topological polar surface area (TPSA) is 0 Å². The van der Waals surface area contributed by atoms with Gasteiger partial charge in [-0.1, -0.05) is 34.1 Å². The molecule has 0 aromatic heterocycles. The van der Waals surface area contributed by atoms with Gasteiger partial charge in [-0.25, -0.2) is 0 Å². The first-order valence-corrected chi connectivity index (χ1v) is 5.16. The van der Waals surface area contributed by atoms with Crippen LogP contribution in [0.5, 0.6) is 0 Å². The molecule has 1 aliphatic carbocycles. The van der Waals surface area contributed by atoms with Gasteiger partial charge in [-0.15, -0.1) is 0 Å². The zero-order valence-electron chi connectivity index (χ0n) is 8.43. The van der Waals surface area contributed by atoms with Crippen molar-refractivity contribution in [1.29, 1.82) is 0 Å². The molecule has 0 aliphatic heterocycles. The van der Waals surface area contributed by atoms with Crippen LogP contribution in [0.4, 0.5) is 0 Å². The van der Waals surface area contributed by atoms with Crippen LogP contribution >= 0.6 is 0 Å². The zero-order valence-corrected chi connectivity index (χ0v) is 8.43. The summed E-state index contributed by atoms with van der Waals surface area (Å²) >= 11 is 0. The molecule has 0 aromatic carbocycles. The highest BCUT2D eigenvalue weighted by atomic mass is 14.4. The van der Waals surface area contributed by atoms with Crippen molar-refractivity contribution in [1.82, 2.24) is 0 Å². The van der Waals surface area contributed by atoms with E-state index in [1.165, 1.54) is 19.3 Å². The highest BCUT2D eigenvalue weighted by molar-refractivity contribution is 4.82. The summed E-state index contributed by atoms with van der Waals surface area (Å²) in [6, 6.07) is 0. The molecule has 1 rings (SSSR count). The standard InChI is InChI=1S/C11H22/c1-5-10-6-7-11(8(2)3)9(10)4/h8-11H,5-7H2,1-4H3. The van der Waals surface area contributed by atoms with Crippen LogP contribution in [0.3, 0.4) is 0 Å². The first-order valence-electron chi connectivity index (χ1n) is 5.16. The third kappa shape index (κ3) is 1.77. The Hall–Kier alpha value is 0. The summed E-state index contributed by atoms with van der Waals surface area (Å²) in [4.78, 5) is 0. The highest BCUT2D eigenvalue weighted by Crippen LogP contribution is 2.42. The summed E-state index contributed by atoms with van der Waals surface area (Å²) in [7, 11) is 0. The molecular weight excluding hydrogens is 132 g/mol. The second kappa shape index (κ2) is 3.60. The minimum Gasteiger partial charge on any atom is -0.0651 e. The molecule has 0 heterocycles. The van der Waals surface area contributed by atoms with Gasteiger partial charge in [0.15, 0.2) is 0 Å². The Bertz CT molecular complexity index is 115. The zero-order chi connectivity index (χ0) is 8.43. The lowest BCUT2D eigenvalue weighted by Gasteiger charge is -2.22. The maximum Gasteiger partial charge on any atom is -0.0363 e. The molecule has 0 aromatic rings. The van der Waals surface area contributed by atoms with E-state index in [-0.39, 0.29) is 0 Å². The van der Waals surface area contributed by atoms with E-state index in [9.17, 15) is 0 Å². The Labute approximate surface area is 71.4 Å². The van der Waals surface area contributed by atoms with Gasteiger partial charge >= 0.3 is 0 Å². The lowest BCUT2D eigenvalue weighted by Crippen LogP contribution is -2.15. The fourth-order valence-corrected chi connectivity index (χ4v) is 2.80. The quantitative estimate of drug-likeness (QED) is 0.568. The van der Waals surface area contributed by atoms with Crippen LogP contribution in [0.2, 0.25) is 0 Å². The van der Waals surface area contributed by atoms with Crippen molar-refractivity contribution in [2.75, 3.05) is 0 Å². The molecule has 0 amide bonds. The summed E-state index contributed by atoms with van der Waals surface area (Å²) in [5.41, 5.74) is 0. The Morgan fingerprint density at radius 1 is 1.27 bits per heavy atom. The van der Waals surface area contributed by atoms with Gasteiger partial charge < -0.3 is 0 Å². The Morgan fingerprint density at radius 3 is 2.18 bits per heavy atom. The van der Waals surface area contributed by atoms with Gasteiger partial charge in [-0.05, 0) is 36.5 Å². The minimum absolute atomic E-state index is 0.904. The first-order chi connectivity index (χ1) is 5.16. The molecule has 0 heteroatoms. The molecule has 1 fully saturated rings. The van der Waals surface area contributed by atoms with Crippen molar-refractivity contribution in [3.63, 3.8) is 0 Å². The molecule has 66 valence electrons. The fourth-order valence-electron chi connectivity index (χ4n) is 2.80. The van der Waals surface area contributed by atoms with Crippen molar-refractivity contribution >= 4 is 0 Å². The van der Waals surface area contributed by atoms with Gasteiger partial charge in [-0.2, -0.15) is 0 Å². The average Bonchev–Trinajstić information content (AvgIpc) is 2.30. The van der Waals surface area contributed by atoms with Crippen molar-refractivity contribution in [3.05, 3.63) is 0 Å². The summed E-state index contributed by atoms with van der Waals surface area (Å²) in [5, 5.41) is 0. The van der Waals surface area contributed by atoms with Crippen molar-refractivity contribution in [2.24, 2.45) is 23.7 Å². The van der Waals surface area contributed by atoms with Gasteiger partial charge in [0.25, 0.3) is 0 Å². The Kier molecular flexibility index (Phi) is 2.98. The van der Waals surface area contributed by atoms with E-state index < -0.39 is 0 Å². The number of rotatable bonds is 2. The number of hydrogen-bond donors (Lipinski definition) is 0. The molecule has 1 aliphatic rings. The predicted molar refractivity (Wildman–Crippen MR) is 50.5 cm³/mol. The van der Waals surface area contributed by atoms with E-state index in [0.717, 1.165) is 23.7 Å². The van der Waals surface area contributed by atoms with Gasteiger partial charge in [0.05, 0.1) is 0 Å². The third-order valence-corrected chi connectivity index (χ3v) is 3.67. The fraction of sp³-hybridized carbons (Fsp3) is 1.00. The second-order valence-electron chi connectivity index (χ2n) is 4.51. The van der Waals surface area contributed by atoms with Crippen molar-refractivity contribution < 1.29 is 0 Å². The lowest BCUT2D eigenvalue weighted by molar-refractivity contribution is 0.269. The van der Waals surface area contributed by atoms with E-state index in [1.54, 1.807) is 0 Å². The molecule has 0 N–H and O–H groups in total.